The Hall–Kier alpha value is -1.94. The Morgan fingerprint density at radius 2 is 0.974 bits per heavy atom. The van der Waals surface area contributed by atoms with Gasteiger partial charge < -0.3 is 0 Å². The molecule has 0 atom stereocenters. The van der Waals surface area contributed by atoms with E-state index in [1.807, 2.05) is 94.8 Å². The summed E-state index contributed by atoms with van der Waals surface area (Å²) in [7, 11) is 0. The molecule has 0 saturated carbocycles. The van der Waals surface area contributed by atoms with Crippen LogP contribution in [0.1, 0.15) is 11.4 Å². The summed E-state index contributed by atoms with van der Waals surface area (Å²) in [5, 5.41) is 2.32. The topological polar surface area (TPSA) is 25.8 Å². The molecule has 2 nitrogen and oxygen atoms in total. The van der Waals surface area contributed by atoms with Crippen molar-refractivity contribution in [2.24, 2.45) is 0 Å². The average molecular weight is 603 g/mol. The summed E-state index contributed by atoms with van der Waals surface area (Å²) < 4.78 is 5.50. The Morgan fingerprint density at radius 1 is 0.526 bits per heavy atom. The highest BCUT2D eigenvalue weighted by atomic mass is 32.3. The maximum absolute atomic E-state index is 4.84. The molecule has 0 saturated heterocycles. The van der Waals surface area contributed by atoms with Crippen molar-refractivity contribution >= 4 is 105 Å². The van der Waals surface area contributed by atoms with Crippen LogP contribution in [0.25, 0.3) is 34.0 Å². The molecule has 8 heteroatoms. The van der Waals surface area contributed by atoms with Crippen LogP contribution in [0.15, 0.2) is 112 Å². The number of rotatable bonds is 6. The Kier molecular flexibility index (Phi) is 8.35. The summed E-state index contributed by atoms with van der Waals surface area (Å²) in [6.07, 6.45) is 13.0. The smallest absolute Gasteiger partial charge is 0.0717 e. The van der Waals surface area contributed by atoms with Crippen LogP contribution < -0.4 is 0 Å². The maximum atomic E-state index is 4.84. The SMILES string of the molecule is CSC1=C(SC)SC(=C2SC(/C=C/c3ccc4ccccc4n3)=C(/C=C/c3ccc4ccccc4n3)S2)S1. The molecule has 0 spiro atoms. The van der Waals surface area contributed by atoms with Crippen molar-refractivity contribution in [1.29, 1.82) is 0 Å². The van der Waals surface area contributed by atoms with Crippen LogP contribution in [0, 0.1) is 0 Å². The molecular weight excluding hydrogens is 581 g/mol. The fraction of sp³-hybridized carbons (Fsp3) is 0.0667. The number of pyridine rings is 2. The molecule has 0 bridgehead atoms. The first-order chi connectivity index (χ1) is 18.7. The minimum atomic E-state index is 0.961. The van der Waals surface area contributed by atoms with Gasteiger partial charge in [0.2, 0.25) is 0 Å². The van der Waals surface area contributed by atoms with Gasteiger partial charge in [-0.25, -0.2) is 9.97 Å². The second kappa shape index (κ2) is 12.1. The van der Waals surface area contributed by atoms with Gasteiger partial charge in [0.1, 0.15) is 0 Å². The summed E-state index contributed by atoms with van der Waals surface area (Å²) in [4.78, 5) is 12.1. The Bertz CT molecular complexity index is 1580. The van der Waals surface area contributed by atoms with Gasteiger partial charge in [-0.1, -0.05) is 95.6 Å². The zero-order valence-electron chi connectivity index (χ0n) is 20.6. The number of nitrogens with zero attached hydrogens (tertiary/aromatic N) is 2. The predicted molar refractivity (Wildman–Crippen MR) is 180 cm³/mol. The highest BCUT2D eigenvalue weighted by molar-refractivity contribution is 8.42. The van der Waals surface area contributed by atoms with Crippen molar-refractivity contribution in [1.82, 2.24) is 9.97 Å². The minimum Gasteiger partial charge on any atom is -0.248 e. The Morgan fingerprint density at radius 3 is 1.45 bits per heavy atom. The molecule has 4 aromatic rings. The van der Waals surface area contributed by atoms with E-state index in [0.717, 1.165) is 33.2 Å². The zero-order chi connectivity index (χ0) is 25.9. The normalized spacial score (nSPS) is 16.5. The number of fused-ring (bicyclic) bond motifs is 2. The fourth-order valence-corrected chi connectivity index (χ4v) is 11.7. The van der Waals surface area contributed by atoms with Crippen LogP contribution in [0.3, 0.4) is 0 Å². The van der Waals surface area contributed by atoms with E-state index in [-0.39, 0.29) is 0 Å². The molecule has 0 radical (unpaired) electrons. The zero-order valence-corrected chi connectivity index (χ0v) is 25.5. The van der Waals surface area contributed by atoms with Gasteiger partial charge >= 0.3 is 0 Å². The third-order valence-corrected chi connectivity index (χ3v) is 14.1. The second-order valence-electron chi connectivity index (χ2n) is 8.22. The van der Waals surface area contributed by atoms with Gasteiger partial charge in [-0.05, 0) is 61.1 Å². The second-order valence-corrected chi connectivity index (χ2v) is 15.0. The van der Waals surface area contributed by atoms with Crippen molar-refractivity contribution in [2.75, 3.05) is 12.5 Å². The summed E-state index contributed by atoms with van der Waals surface area (Å²) in [6, 6.07) is 24.9. The van der Waals surface area contributed by atoms with E-state index in [2.05, 4.69) is 85.3 Å². The Labute approximate surface area is 248 Å². The molecule has 2 aromatic heterocycles. The van der Waals surface area contributed by atoms with Crippen molar-refractivity contribution in [2.45, 2.75) is 0 Å². The predicted octanol–water partition coefficient (Wildman–Crippen LogP) is 10.7. The van der Waals surface area contributed by atoms with E-state index in [9.17, 15) is 0 Å². The monoisotopic (exact) mass is 602 g/mol. The van der Waals surface area contributed by atoms with Crippen molar-refractivity contribution < 1.29 is 0 Å². The minimum absolute atomic E-state index is 0.961. The first-order valence-electron chi connectivity index (χ1n) is 11.8. The number of aromatic nitrogens is 2. The molecule has 0 amide bonds. The molecule has 0 aliphatic carbocycles. The third kappa shape index (κ3) is 5.81. The lowest BCUT2D eigenvalue weighted by molar-refractivity contribution is 1.37. The summed E-state index contributed by atoms with van der Waals surface area (Å²) in [5.74, 6) is 0. The van der Waals surface area contributed by atoms with E-state index < -0.39 is 0 Å². The van der Waals surface area contributed by atoms with Gasteiger partial charge in [-0.15, -0.1) is 23.5 Å². The lowest BCUT2D eigenvalue weighted by atomic mass is 10.2. The highest BCUT2D eigenvalue weighted by Crippen LogP contribution is 2.63. The van der Waals surface area contributed by atoms with Gasteiger partial charge in [0.15, 0.2) is 0 Å². The number of para-hydroxylation sites is 2. The fourth-order valence-electron chi connectivity index (χ4n) is 3.91. The summed E-state index contributed by atoms with van der Waals surface area (Å²) in [6.45, 7) is 0. The van der Waals surface area contributed by atoms with Crippen molar-refractivity contribution in [3.05, 3.63) is 123 Å². The first kappa shape index (κ1) is 26.3. The van der Waals surface area contributed by atoms with Crippen LogP contribution in [0.2, 0.25) is 0 Å². The van der Waals surface area contributed by atoms with E-state index in [1.165, 1.54) is 26.8 Å². The molecule has 0 fully saturated rings. The molecule has 2 aliphatic heterocycles. The van der Waals surface area contributed by atoms with Crippen LogP contribution in [-0.2, 0) is 0 Å². The highest BCUT2D eigenvalue weighted by Gasteiger charge is 2.28. The van der Waals surface area contributed by atoms with Crippen LogP contribution >= 0.6 is 70.6 Å². The van der Waals surface area contributed by atoms with Gasteiger partial charge in [0, 0.05) is 20.6 Å². The molecular formula is C30H22N2S6. The molecule has 0 unspecified atom stereocenters. The molecule has 2 aliphatic rings. The molecule has 6 rings (SSSR count). The molecule has 2 aromatic carbocycles. The molecule has 38 heavy (non-hydrogen) atoms. The number of hydrogen-bond acceptors (Lipinski definition) is 8. The number of hydrogen-bond donors (Lipinski definition) is 0. The van der Waals surface area contributed by atoms with E-state index in [0.29, 0.717) is 0 Å². The van der Waals surface area contributed by atoms with Gasteiger partial charge in [-0.3, -0.25) is 0 Å². The van der Waals surface area contributed by atoms with E-state index in [1.54, 1.807) is 0 Å². The van der Waals surface area contributed by atoms with Gasteiger partial charge in [0.05, 0.1) is 39.4 Å². The molecule has 4 heterocycles. The van der Waals surface area contributed by atoms with Crippen LogP contribution in [0.4, 0.5) is 0 Å². The largest absolute Gasteiger partial charge is 0.248 e. The molecule has 188 valence electrons. The number of benzene rings is 2. The van der Waals surface area contributed by atoms with Gasteiger partial charge in [-0.2, -0.15) is 0 Å². The first-order valence-corrected chi connectivity index (χ1v) is 17.5. The van der Waals surface area contributed by atoms with Crippen LogP contribution in [0.5, 0.6) is 0 Å². The lowest BCUT2D eigenvalue weighted by Crippen LogP contribution is -1.83. The van der Waals surface area contributed by atoms with E-state index >= 15 is 0 Å². The maximum Gasteiger partial charge on any atom is 0.0717 e. The van der Waals surface area contributed by atoms with Crippen LogP contribution in [-0.4, -0.2) is 22.5 Å². The summed E-state index contributed by atoms with van der Waals surface area (Å²) >= 11 is 11.2. The standard InChI is InChI=1S/C30H22N2S6/c1-33-27-28(34-2)38-30(37-27)29-35-25(17-15-21-13-11-19-7-3-5-9-23(19)31-21)26(36-29)18-16-22-14-12-20-8-4-6-10-24(20)32-22/h3-18H,1-2H3/b17-15+,18-16+. The van der Waals surface area contributed by atoms with E-state index in [4.69, 9.17) is 9.97 Å². The quantitative estimate of drug-likeness (QED) is 0.215. The average Bonchev–Trinajstić information content (AvgIpc) is 3.58. The number of thioether (sulfide) groups is 6. The summed E-state index contributed by atoms with van der Waals surface area (Å²) in [5.41, 5.74) is 3.95. The lowest BCUT2D eigenvalue weighted by Gasteiger charge is -2.01. The number of allylic oxidation sites excluding steroid dienone is 2. The third-order valence-electron chi connectivity index (χ3n) is 5.77. The van der Waals surface area contributed by atoms with Gasteiger partial charge in [0.25, 0.3) is 0 Å². The Balaban J connectivity index is 1.32. The van der Waals surface area contributed by atoms with Crippen molar-refractivity contribution in [3.63, 3.8) is 0 Å². The van der Waals surface area contributed by atoms with Crippen molar-refractivity contribution in [3.8, 4) is 0 Å². The molecule has 0 N–H and O–H groups in total.